The Bertz CT molecular complexity index is 385. The Morgan fingerprint density at radius 1 is 1.11 bits per heavy atom. The van der Waals surface area contributed by atoms with Crippen molar-refractivity contribution in [3.63, 3.8) is 0 Å². The van der Waals surface area contributed by atoms with Crippen LogP contribution in [0.25, 0.3) is 0 Å². The summed E-state index contributed by atoms with van der Waals surface area (Å²) in [6.07, 6.45) is 0.340. The highest BCUT2D eigenvalue weighted by molar-refractivity contribution is 5.39. The van der Waals surface area contributed by atoms with Crippen molar-refractivity contribution in [2.45, 2.75) is 26.9 Å². The molecule has 1 aliphatic rings. The van der Waals surface area contributed by atoms with Gasteiger partial charge in [-0.1, -0.05) is 17.7 Å². The third-order valence-electron chi connectivity index (χ3n) is 3.80. The van der Waals surface area contributed by atoms with Gasteiger partial charge in [-0.25, -0.2) is 0 Å². The minimum atomic E-state index is 0.340. The van der Waals surface area contributed by atoms with Crippen molar-refractivity contribution in [3.05, 3.63) is 34.4 Å². The average Bonchev–Trinajstić information content (AvgIpc) is 2.34. The number of rotatable bonds is 3. The van der Waals surface area contributed by atoms with Gasteiger partial charge in [0.05, 0.1) is 6.17 Å². The van der Waals surface area contributed by atoms with E-state index in [9.17, 15) is 0 Å². The van der Waals surface area contributed by atoms with Crippen molar-refractivity contribution in [2.24, 2.45) is 0 Å². The first-order chi connectivity index (χ1) is 8.63. The summed E-state index contributed by atoms with van der Waals surface area (Å²) < 4.78 is 0. The highest BCUT2D eigenvalue weighted by Gasteiger charge is 2.23. The lowest BCUT2D eigenvalue weighted by atomic mass is 9.96. The monoisotopic (exact) mass is 247 g/mol. The lowest BCUT2D eigenvalue weighted by molar-refractivity contribution is 0.152. The Morgan fingerprint density at radius 3 is 2.17 bits per heavy atom. The molecule has 0 spiro atoms. The van der Waals surface area contributed by atoms with Crippen molar-refractivity contribution in [3.8, 4) is 0 Å². The maximum atomic E-state index is 3.49. The van der Waals surface area contributed by atoms with E-state index >= 15 is 0 Å². The van der Waals surface area contributed by atoms with Crippen molar-refractivity contribution in [2.75, 3.05) is 33.2 Å². The van der Waals surface area contributed by atoms with Gasteiger partial charge in [0.1, 0.15) is 0 Å². The summed E-state index contributed by atoms with van der Waals surface area (Å²) in [5, 5.41) is 6.90. The van der Waals surface area contributed by atoms with Crippen LogP contribution < -0.4 is 10.6 Å². The molecular formula is C15H25N3. The molecule has 1 unspecified atom stereocenters. The van der Waals surface area contributed by atoms with Gasteiger partial charge in [0.25, 0.3) is 0 Å². The first kappa shape index (κ1) is 13.5. The zero-order valence-electron chi connectivity index (χ0n) is 12.0. The van der Waals surface area contributed by atoms with Crippen LogP contribution in [-0.4, -0.2) is 38.1 Å². The van der Waals surface area contributed by atoms with Crippen LogP contribution in [0, 0.1) is 20.8 Å². The van der Waals surface area contributed by atoms with Crippen LogP contribution in [0.3, 0.4) is 0 Å². The molecule has 0 aromatic heterocycles. The summed E-state index contributed by atoms with van der Waals surface area (Å²) in [4.78, 5) is 2.53. The van der Waals surface area contributed by atoms with Crippen LogP contribution in [0.5, 0.6) is 0 Å². The van der Waals surface area contributed by atoms with E-state index in [0.717, 1.165) is 26.2 Å². The van der Waals surface area contributed by atoms with Gasteiger partial charge in [0.15, 0.2) is 0 Å². The topological polar surface area (TPSA) is 27.3 Å². The standard InChI is InChI=1S/C15H25N3/c1-11-9-12(2)14(13(3)10-11)15(16-4)18-7-5-17-6-8-18/h9-10,15-17H,5-8H2,1-4H3. The third-order valence-corrected chi connectivity index (χ3v) is 3.80. The molecule has 18 heavy (non-hydrogen) atoms. The van der Waals surface area contributed by atoms with E-state index in [-0.39, 0.29) is 0 Å². The smallest absolute Gasteiger partial charge is 0.0864 e. The van der Waals surface area contributed by atoms with E-state index in [0.29, 0.717) is 6.17 Å². The van der Waals surface area contributed by atoms with Crippen LogP contribution in [-0.2, 0) is 0 Å². The summed E-state index contributed by atoms with van der Waals surface area (Å²) in [7, 11) is 2.06. The van der Waals surface area contributed by atoms with E-state index in [1.807, 2.05) is 0 Å². The van der Waals surface area contributed by atoms with E-state index in [4.69, 9.17) is 0 Å². The van der Waals surface area contributed by atoms with Gasteiger partial charge in [0, 0.05) is 26.2 Å². The van der Waals surface area contributed by atoms with Crippen molar-refractivity contribution >= 4 is 0 Å². The molecule has 0 radical (unpaired) electrons. The van der Waals surface area contributed by atoms with Gasteiger partial charge in [-0.15, -0.1) is 0 Å². The van der Waals surface area contributed by atoms with E-state index in [1.54, 1.807) is 0 Å². The maximum Gasteiger partial charge on any atom is 0.0864 e. The predicted molar refractivity (Wildman–Crippen MR) is 76.9 cm³/mol. The molecule has 2 rings (SSSR count). The highest BCUT2D eigenvalue weighted by atomic mass is 15.3. The number of nitrogens with one attached hydrogen (secondary N) is 2. The minimum absolute atomic E-state index is 0.340. The van der Waals surface area contributed by atoms with Gasteiger partial charge < -0.3 is 10.6 Å². The van der Waals surface area contributed by atoms with E-state index in [2.05, 4.69) is 55.5 Å². The molecule has 0 amide bonds. The van der Waals surface area contributed by atoms with Crippen LogP contribution in [0.1, 0.15) is 28.4 Å². The summed E-state index contributed by atoms with van der Waals surface area (Å²) >= 11 is 0. The molecule has 1 heterocycles. The fourth-order valence-corrected chi connectivity index (χ4v) is 3.07. The largest absolute Gasteiger partial charge is 0.314 e. The van der Waals surface area contributed by atoms with Crippen LogP contribution in [0.2, 0.25) is 0 Å². The molecule has 0 bridgehead atoms. The lowest BCUT2D eigenvalue weighted by Gasteiger charge is -2.36. The second-order valence-corrected chi connectivity index (χ2v) is 5.29. The Balaban J connectivity index is 2.32. The number of hydrogen-bond donors (Lipinski definition) is 2. The molecule has 2 N–H and O–H groups in total. The molecule has 1 aliphatic heterocycles. The summed E-state index contributed by atoms with van der Waals surface area (Å²) in [5.74, 6) is 0. The molecule has 1 atom stereocenters. The number of hydrogen-bond acceptors (Lipinski definition) is 3. The molecule has 1 aromatic carbocycles. The Morgan fingerprint density at radius 2 is 1.67 bits per heavy atom. The molecule has 3 nitrogen and oxygen atoms in total. The Hall–Kier alpha value is -0.900. The van der Waals surface area contributed by atoms with E-state index in [1.165, 1.54) is 22.3 Å². The van der Waals surface area contributed by atoms with Crippen LogP contribution in [0.4, 0.5) is 0 Å². The fraction of sp³-hybridized carbons (Fsp3) is 0.600. The molecule has 0 saturated carbocycles. The Kier molecular flexibility index (Phi) is 4.38. The molecular weight excluding hydrogens is 222 g/mol. The van der Waals surface area contributed by atoms with Crippen LogP contribution >= 0.6 is 0 Å². The number of nitrogens with zero attached hydrogens (tertiary/aromatic N) is 1. The zero-order valence-corrected chi connectivity index (χ0v) is 12.0. The second-order valence-electron chi connectivity index (χ2n) is 5.29. The molecule has 3 heteroatoms. The second kappa shape index (κ2) is 5.83. The number of aryl methyl sites for hydroxylation is 3. The van der Waals surface area contributed by atoms with Crippen molar-refractivity contribution in [1.29, 1.82) is 0 Å². The SMILES string of the molecule is CNC(c1c(C)cc(C)cc1C)N1CCNCC1. The van der Waals surface area contributed by atoms with Crippen molar-refractivity contribution < 1.29 is 0 Å². The molecule has 1 aromatic rings. The quantitative estimate of drug-likeness (QED) is 0.852. The maximum absolute atomic E-state index is 3.49. The zero-order chi connectivity index (χ0) is 13.1. The normalized spacial score (nSPS) is 18.9. The highest BCUT2D eigenvalue weighted by Crippen LogP contribution is 2.26. The molecule has 1 saturated heterocycles. The Labute approximate surface area is 111 Å². The van der Waals surface area contributed by atoms with Gasteiger partial charge in [-0.2, -0.15) is 0 Å². The molecule has 1 fully saturated rings. The molecule has 0 aliphatic carbocycles. The summed E-state index contributed by atoms with van der Waals surface area (Å²) in [6.45, 7) is 11.0. The van der Waals surface area contributed by atoms with Gasteiger partial charge >= 0.3 is 0 Å². The third kappa shape index (κ3) is 2.74. The number of piperazine rings is 1. The van der Waals surface area contributed by atoms with Gasteiger partial charge in [-0.05, 0) is 44.5 Å². The van der Waals surface area contributed by atoms with E-state index < -0.39 is 0 Å². The van der Waals surface area contributed by atoms with Crippen molar-refractivity contribution in [1.82, 2.24) is 15.5 Å². The lowest BCUT2D eigenvalue weighted by Crippen LogP contribution is -2.48. The minimum Gasteiger partial charge on any atom is -0.314 e. The van der Waals surface area contributed by atoms with Gasteiger partial charge in [-0.3, -0.25) is 4.90 Å². The van der Waals surface area contributed by atoms with Crippen LogP contribution in [0.15, 0.2) is 12.1 Å². The average molecular weight is 247 g/mol. The summed E-state index contributed by atoms with van der Waals surface area (Å²) in [5.41, 5.74) is 5.59. The summed E-state index contributed by atoms with van der Waals surface area (Å²) in [6, 6.07) is 4.57. The first-order valence-corrected chi connectivity index (χ1v) is 6.83. The predicted octanol–water partition coefficient (Wildman–Crippen LogP) is 1.74. The van der Waals surface area contributed by atoms with Gasteiger partial charge in [0.2, 0.25) is 0 Å². The first-order valence-electron chi connectivity index (χ1n) is 6.83. The fourth-order valence-electron chi connectivity index (χ4n) is 3.07. The number of benzene rings is 1. The molecule has 100 valence electrons.